The van der Waals surface area contributed by atoms with Crippen LogP contribution in [0.2, 0.25) is 0 Å². The van der Waals surface area contributed by atoms with Gasteiger partial charge in [0.15, 0.2) is 0 Å². The van der Waals surface area contributed by atoms with E-state index in [9.17, 15) is 0 Å². The Kier molecular flexibility index (Phi) is 7.19. The summed E-state index contributed by atoms with van der Waals surface area (Å²) in [7, 11) is 0. The first-order valence-electron chi connectivity index (χ1n) is 5.89. The van der Waals surface area contributed by atoms with E-state index in [1.807, 2.05) is 0 Å². The van der Waals surface area contributed by atoms with E-state index in [2.05, 4.69) is 43.7 Å². The minimum atomic E-state index is 0. The van der Waals surface area contributed by atoms with Crippen LogP contribution in [0.4, 0.5) is 0 Å². The standard InChI is InChI=1S/C13H23N.CH4/c1-4-6-9-13(5-2)11-14-10-7-8-12(14)3;/h7-8,10,13H,4-6,9,11H2,1-3H3;1H4. The quantitative estimate of drug-likeness (QED) is 0.642. The van der Waals surface area contributed by atoms with Crippen molar-refractivity contribution in [1.82, 2.24) is 4.57 Å². The van der Waals surface area contributed by atoms with Crippen molar-refractivity contribution in [3.05, 3.63) is 24.0 Å². The van der Waals surface area contributed by atoms with E-state index in [-0.39, 0.29) is 7.43 Å². The molecule has 1 unspecified atom stereocenters. The van der Waals surface area contributed by atoms with E-state index in [4.69, 9.17) is 0 Å². The lowest BCUT2D eigenvalue weighted by molar-refractivity contribution is 0.388. The zero-order valence-corrected chi connectivity index (χ0v) is 9.79. The summed E-state index contributed by atoms with van der Waals surface area (Å²) in [5.41, 5.74) is 1.39. The van der Waals surface area contributed by atoms with Gasteiger partial charge in [-0.3, -0.25) is 0 Å². The fourth-order valence-corrected chi connectivity index (χ4v) is 1.90. The summed E-state index contributed by atoms with van der Waals surface area (Å²) in [6.45, 7) is 7.97. The lowest BCUT2D eigenvalue weighted by Gasteiger charge is -2.16. The Morgan fingerprint density at radius 2 is 2.07 bits per heavy atom. The molecule has 0 aromatic carbocycles. The van der Waals surface area contributed by atoms with Gasteiger partial charge in [0.25, 0.3) is 0 Å². The SMILES string of the molecule is C.CCCCC(CC)Cn1cccc1C. The molecule has 0 amide bonds. The van der Waals surface area contributed by atoms with Gasteiger partial charge in [-0.25, -0.2) is 0 Å². The van der Waals surface area contributed by atoms with Crippen LogP contribution in [0.15, 0.2) is 18.3 Å². The molecule has 0 spiro atoms. The number of aromatic nitrogens is 1. The molecular formula is C14H27N. The molecule has 1 aromatic rings. The van der Waals surface area contributed by atoms with Crippen molar-refractivity contribution in [1.29, 1.82) is 0 Å². The van der Waals surface area contributed by atoms with E-state index in [1.165, 1.54) is 37.9 Å². The first-order chi connectivity index (χ1) is 6.77. The highest BCUT2D eigenvalue weighted by Gasteiger charge is 2.07. The van der Waals surface area contributed by atoms with Crippen molar-refractivity contribution in [2.45, 2.75) is 60.4 Å². The molecule has 1 rings (SSSR count). The number of aryl methyl sites for hydroxylation is 1. The Morgan fingerprint density at radius 1 is 1.33 bits per heavy atom. The Bertz CT molecular complexity index is 250. The highest BCUT2D eigenvalue weighted by molar-refractivity contribution is 5.04. The molecule has 0 bridgehead atoms. The van der Waals surface area contributed by atoms with E-state index in [0.29, 0.717) is 0 Å². The van der Waals surface area contributed by atoms with Crippen LogP contribution in [0.25, 0.3) is 0 Å². The predicted octanol–water partition coefficient (Wildman–Crippen LogP) is 4.65. The van der Waals surface area contributed by atoms with E-state index in [0.717, 1.165) is 5.92 Å². The first-order valence-corrected chi connectivity index (χ1v) is 5.89. The minimum Gasteiger partial charge on any atom is -0.351 e. The van der Waals surface area contributed by atoms with Crippen LogP contribution >= 0.6 is 0 Å². The molecular weight excluding hydrogens is 182 g/mol. The normalized spacial score (nSPS) is 12.2. The molecule has 1 atom stereocenters. The molecule has 1 nitrogen and oxygen atoms in total. The van der Waals surface area contributed by atoms with E-state index < -0.39 is 0 Å². The first kappa shape index (κ1) is 14.3. The van der Waals surface area contributed by atoms with Crippen molar-refractivity contribution in [2.75, 3.05) is 0 Å². The highest BCUT2D eigenvalue weighted by Crippen LogP contribution is 2.16. The van der Waals surface area contributed by atoms with Crippen molar-refractivity contribution in [2.24, 2.45) is 5.92 Å². The maximum Gasteiger partial charge on any atom is 0.0250 e. The van der Waals surface area contributed by atoms with Crippen LogP contribution < -0.4 is 0 Å². The molecule has 0 aliphatic carbocycles. The molecule has 0 aliphatic rings. The number of nitrogens with zero attached hydrogens (tertiary/aromatic N) is 1. The summed E-state index contributed by atoms with van der Waals surface area (Å²) < 4.78 is 2.38. The Labute approximate surface area is 95.5 Å². The summed E-state index contributed by atoms with van der Waals surface area (Å²) >= 11 is 0. The molecule has 0 aliphatic heterocycles. The second-order valence-electron chi connectivity index (χ2n) is 4.22. The topological polar surface area (TPSA) is 4.93 Å². The molecule has 1 heterocycles. The van der Waals surface area contributed by atoms with Crippen LogP contribution in [0, 0.1) is 12.8 Å². The van der Waals surface area contributed by atoms with Crippen LogP contribution in [0.5, 0.6) is 0 Å². The van der Waals surface area contributed by atoms with Gasteiger partial charge in [0, 0.05) is 18.4 Å². The number of unbranched alkanes of at least 4 members (excludes halogenated alkanes) is 1. The average Bonchev–Trinajstić information content (AvgIpc) is 2.59. The predicted molar refractivity (Wildman–Crippen MR) is 69.2 cm³/mol. The van der Waals surface area contributed by atoms with Crippen LogP contribution in [0.3, 0.4) is 0 Å². The largest absolute Gasteiger partial charge is 0.351 e. The Balaban J connectivity index is 0.00000196. The molecule has 15 heavy (non-hydrogen) atoms. The third-order valence-electron chi connectivity index (χ3n) is 3.05. The Morgan fingerprint density at radius 3 is 2.53 bits per heavy atom. The lowest BCUT2D eigenvalue weighted by atomic mass is 9.99. The van der Waals surface area contributed by atoms with Crippen molar-refractivity contribution in [3.8, 4) is 0 Å². The van der Waals surface area contributed by atoms with Gasteiger partial charge in [-0.05, 0) is 31.4 Å². The van der Waals surface area contributed by atoms with Gasteiger partial charge in [-0.1, -0.05) is 40.5 Å². The van der Waals surface area contributed by atoms with E-state index >= 15 is 0 Å². The fourth-order valence-electron chi connectivity index (χ4n) is 1.90. The number of hydrogen-bond acceptors (Lipinski definition) is 0. The summed E-state index contributed by atoms with van der Waals surface area (Å²) in [6, 6.07) is 4.33. The molecule has 0 saturated heterocycles. The van der Waals surface area contributed by atoms with Gasteiger partial charge in [-0.15, -0.1) is 0 Å². The third kappa shape index (κ3) is 4.55. The summed E-state index contributed by atoms with van der Waals surface area (Å²) in [4.78, 5) is 0. The maximum atomic E-state index is 2.38. The zero-order chi connectivity index (χ0) is 10.4. The van der Waals surface area contributed by atoms with Gasteiger partial charge in [-0.2, -0.15) is 0 Å². The smallest absolute Gasteiger partial charge is 0.0250 e. The molecule has 0 saturated carbocycles. The summed E-state index contributed by atoms with van der Waals surface area (Å²) in [6.07, 6.45) is 7.58. The second kappa shape index (κ2) is 7.56. The van der Waals surface area contributed by atoms with Gasteiger partial charge in [0.05, 0.1) is 0 Å². The molecule has 0 N–H and O–H groups in total. The highest BCUT2D eigenvalue weighted by atomic mass is 15.0. The number of rotatable bonds is 6. The van der Waals surface area contributed by atoms with Crippen LogP contribution in [0.1, 0.15) is 52.7 Å². The molecule has 1 aromatic heterocycles. The van der Waals surface area contributed by atoms with Gasteiger partial charge in [0.1, 0.15) is 0 Å². The second-order valence-corrected chi connectivity index (χ2v) is 4.22. The monoisotopic (exact) mass is 209 g/mol. The van der Waals surface area contributed by atoms with Crippen LogP contribution in [-0.4, -0.2) is 4.57 Å². The molecule has 0 fully saturated rings. The van der Waals surface area contributed by atoms with Crippen molar-refractivity contribution >= 4 is 0 Å². The molecule has 1 heteroatoms. The van der Waals surface area contributed by atoms with Gasteiger partial charge < -0.3 is 4.57 Å². The van der Waals surface area contributed by atoms with Gasteiger partial charge in [0.2, 0.25) is 0 Å². The van der Waals surface area contributed by atoms with Crippen LogP contribution in [-0.2, 0) is 6.54 Å². The zero-order valence-electron chi connectivity index (χ0n) is 9.79. The summed E-state index contributed by atoms with van der Waals surface area (Å²) in [5.74, 6) is 0.862. The summed E-state index contributed by atoms with van der Waals surface area (Å²) in [5, 5.41) is 0. The third-order valence-corrected chi connectivity index (χ3v) is 3.05. The Hall–Kier alpha value is -0.720. The average molecular weight is 209 g/mol. The maximum absolute atomic E-state index is 2.38. The molecule has 88 valence electrons. The van der Waals surface area contributed by atoms with Crippen molar-refractivity contribution in [3.63, 3.8) is 0 Å². The van der Waals surface area contributed by atoms with E-state index in [1.54, 1.807) is 0 Å². The fraction of sp³-hybridized carbons (Fsp3) is 0.714. The van der Waals surface area contributed by atoms with Crippen molar-refractivity contribution < 1.29 is 0 Å². The van der Waals surface area contributed by atoms with Gasteiger partial charge >= 0.3 is 0 Å². The number of hydrogen-bond donors (Lipinski definition) is 0. The lowest BCUT2D eigenvalue weighted by Crippen LogP contribution is -2.10. The minimum absolute atomic E-state index is 0. The molecule has 0 radical (unpaired) electrons.